The van der Waals surface area contributed by atoms with E-state index in [-0.39, 0.29) is 0 Å². The van der Waals surface area contributed by atoms with Crippen LogP contribution in [-0.4, -0.2) is 0 Å². The molecule has 1 heterocycles. The van der Waals surface area contributed by atoms with E-state index in [1.54, 1.807) is 0 Å². The lowest BCUT2D eigenvalue weighted by molar-refractivity contribution is 0.669. The molecule has 0 atom stereocenters. The minimum Gasteiger partial charge on any atom is -0.456 e. The second-order valence-corrected chi connectivity index (χ2v) is 4.86. The number of furan rings is 1. The van der Waals surface area contributed by atoms with E-state index in [0.29, 0.717) is 0 Å². The largest absolute Gasteiger partial charge is 0.456 e. The van der Waals surface area contributed by atoms with Gasteiger partial charge in [-0.3, -0.25) is 0 Å². The highest BCUT2D eigenvalue weighted by Gasteiger charge is 2.12. The first-order valence-electron chi connectivity index (χ1n) is 6.60. The summed E-state index contributed by atoms with van der Waals surface area (Å²) in [4.78, 5) is 0. The Kier molecular flexibility index (Phi) is 2.30. The molecule has 0 amide bonds. The number of benzene rings is 3. The highest BCUT2D eigenvalue weighted by Crippen LogP contribution is 2.38. The molecule has 96 valence electrons. The maximum atomic E-state index is 6.13. The van der Waals surface area contributed by atoms with Gasteiger partial charge in [-0.05, 0) is 23.8 Å². The van der Waals surface area contributed by atoms with Crippen LogP contribution in [0.1, 0.15) is 0 Å². The summed E-state index contributed by atoms with van der Waals surface area (Å²) in [6.07, 6.45) is 0. The first-order chi connectivity index (χ1) is 9.84. The molecular weight excluding hydrogens is 246 g/mol. The monoisotopic (exact) mass is 259 g/mol. The fourth-order valence-electron chi connectivity index (χ4n) is 2.74. The van der Waals surface area contributed by atoms with Gasteiger partial charge in [0, 0.05) is 22.0 Å². The lowest BCUT2D eigenvalue weighted by Gasteiger charge is -2.06. The number of anilines is 1. The molecule has 0 saturated carbocycles. The standard InChI is InChI=1S/C18H13NO/c19-15-9-3-1-6-12(15)13-8-5-11-17-18(13)14-7-2-4-10-16(14)20-17/h1-11H,19H2. The Balaban J connectivity index is 2.17. The van der Waals surface area contributed by atoms with Gasteiger partial charge in [-0.2, -0.15) is 0 Å². The van der Waals surface area contributed by atoms with Crippen molar-refractivity contribution < 1.29 is 4.42 Å². The predicted octanol–water partition coefficient (Wildman–Crippen LogP) is 4.84. The lowest BCUT2D eigenvalue weighted by atomic mass is 9.98. The van der Waals surface area contributed by atoms with Crippen LogP contribution >= 0.6 is 0 Å². The second kappa shape index (κ2) is 4.14. The van der Waals surface area contributed by atoms with Crippen LogP contribution in [0.4, 0.5) is 5.69 Å². The average molecular weight is 259 g/mol. The molecule has 20 heavy (non-hydrogen) atoms. The smallest absolute Gasteiger partial charge is 0.136 e. The molecule has 2 nitrogen and oxygen atoms in total. The van der Waals surface area contributed by atoms with E-state index in [1.165, 1.54) is 0 Å². The third kappa shape index (κ3) is 1.51. The zero-order valence-electron chi connectivity index (χ0n) is 10.8. The molecule has 0 aliphatic carbocycles. The van der Waals surface area contributed by atoms with Gasteiger partial charge in [-0.15, -0.1) is 0 Å². The Labute approximate surface area is 116 Å². The van der Waals surface area contributed by atoms with Crippen LogP contribution in [0.3, 0.4) is 0 Å². The van der Waals surface area contributed by atoms with Gasteiger partial charge in [0.1, 0.15) is 11.2 Å². The molecule has 0 fully saturated rings. The molecule has 0 aliphatic heterocycles. The number of hydrogen-bond donors (Lipinski definition) is 1. The van der Waals surface area contributed by atoms with Gasteiger partial charge in [-0.25, -0.2) is 0 Å². The van der Waals surface area contributed by atoms with Crippen molar-refractivity contribution in [3.05, 3.63) is 66.7 Å². The van der Waals surface area contributed by atoms with Crippen molar-refractivity contribution in [1.29, 1.82) is 0 Å². The Morgan fingerprint density at radius 2 is 1.35 bits per heavy atom. The Bertz CT molecular complexity index is 921. The Hall–Kier alpha value is -2.74. The van der Waals surface area contributed by atoms with E-state index in [0.717, 1.165) is 38.8 Å². The summed E-state index contributed by atoms with van der Waals surface area (Å²) in [6, 6.07) is 22.1. The fourth-order valence-corrected chi connectivity index (χ4v) is 2.74. The normalized spacial score (nSPS) is 11.2. The zero-order chi connectivity index (χ0) is 13.5. The van der Waals surface area contributed by atoms with Crippen LogP contribution in [-0.2, 0) is 0 Å². The molecule has 4 aromatic rings. The molecule has 2 N–H and O–H groups in total. The molecule has 1 aromatic heterocycles. The number of fused-ring (bicyclic) bond motifs is 3. The molecule has 4 rings (SSSR count). The van der Waals surface area contributed by atoms with Crippen LogP contribution in [0, 0.1) is 0 Å². The van der Waals surface area contributed by atoms with Crippen molar-refractivity contribution >= 4 is 27.6 Å². The number of nitrogen functional groups attached to an aromatic ring is 1. The molecular formula is C18H13NO. The quantitative estimate of drug-likeness (QED) is 0.497. The van der Waals surface area contributed by atoms with E-state index in [2.05, 4.69) is 12.1 Å². The van der Waals surface area contributed by atoms with Gasteiger partial charge >= 0.3 is 0 Å². The topological polar surface area (TPSA) is 39.2 Å². The van der Waals surface area contributed by atoms with Gasteiger partial charge in [0.15, 0.2) is 0 Å². The van der Waals surface area contributed by atoms with E-state index in [9.17, 15) is 0 Å². The van der Waals surface area contributed by atoms with Gasteiger partial charge in [0.25, 0.3) is 0 Å². The van der Waals surface area contributed by atoms with E-state index in [4.69, 9.17) is 10.2 Å². The minimum absolute atomic E-state index is 0.783. The maximum Gasteiger partial charge on any atom is 0.136 e. The first kappa shape index (κ1) is 11.1. The molecule has 0 spiro atoms. The summed E-state index contributed by atoms with van der Waals surface area (Å²) in [5.74, 6) is 0. The van der Waals surface area contributed by atoms with Crippen LogP contribution in [0.25, 0.3) is 33.1 Å². The molecule has 0 unspecified atom stereocenters. The van der Waals surface area contributed by atoms with Crippen molar-refractivity contribution in [3.63, 3.8) is 0 Å². The Morgan fingerprint density at radius 3 is 2.25 bits per heavy atom. The summed E-state index contributed by atoms with van der Waals surface area (Å²) < 4.78 is 5.91. The van der Waals surface area contributed by atoms with E-state index in [1.807, 2.05) is 54.6 Å². The van der Waals surface area contributed by atoms with E-state index < -0.39 is 0 Å². The van der Waals surface area contributed by atoms with Crippen molar-refractivity contribution in [1.82, 2.24) is 0 Å². The van der Waals surface area contributed by atoms with Crippen molar-refractivity contribution in [3.8, 4) is 11.1 Å². The fraction of sp³-hybridized carbons (Fsp3) is 0. The van der Waals surface area contributed by atoms with Gasteiger partial charge in [0.2, 0.25) is 0 Å². The lowest BCUT2D eigenvalue weighted by Crippen LogP contribution is -1.89. The predicted molar refractivity (Wildman–Crippen MR) is 83.6 cm³/mol. The summed E-state index contributed by atoms with van der Waals surface area (Å²) in [6.45, 7) is 0. The highest BCUT2D eigenvalue weighted by molar-refractivity contribution is 6.13. The maximum absolute atomic E-state index is 6.13. The van der Waals surface area contributed by atoms with Crippen molar-refractivity contribution in [2.75, 3.05) is 5.73 Å². The van der Waals surface area contributed by atoms with Gasteiger partial charge < -0.3 is 10.2 Å². The summed E-state index contributed by atoms with van der Waals surface area (Å²) in [5, 5.41) is 2.25. The van der Waals surface area contributed by atoms with E-state index >= 15 is 0 Å². The summed E-state index contributed by atoms with van der Waals surface area (Å²) in [7, 11) is 0. The van der Waals surface area contributed by atoms with Gasteiger partial charge in [0.05, 0.1) is 0 Å². The molecule has 0 saturated heterocycles. The molecule has 0 bridgehead atoms. The van der Waals surface area contributed by atoms with Crippen LogP contribution in [0.5, 0.6) is 0 Å². The highest BCUT2D eigenvalue weighted by atomic mass is 16.3. The molecule has 0 aliphatic rings. The summed E-state index contributed by atoms with van der Waals surface area (Å²) in [5.41, 5.74) is 10.9. The Morgan fingerprint density at radius 1 is 0.650 bits per heavy atom. The average Bonchev–Trinajstić information content (AvgIpc) is 2.86. The van der Waals surface area contributed by atoms with Gasteiger partial charge in [-0.1, -0.05) is 48.5 Å². The first-order valence-corrected chi connectivity index (χ1v) is 6.60. The minimum atomic E-state index is 0.783. The second-order valence-electron chi connectivity index (χ2n) is 4.86. The number of para-hydroxylation sites is 2. The third-order valence-electron chi connectivity index (χ3n) is 3.65. The SMILES string of the molecule is Nc1ccccc1-c1cccc2oc3ccccc3c12. The number of nitrogens with two attached hydrogens (primary N) is 1. The summed E-state index contributed by atoms with van der Waals surface area (Å²) >= 11 is 0. The van der Waals surface area contributed by atoms with Crippen molar-refractivity contribution in [2.24, 2.45) is 0 Å². The third-order valence-corrected chi connectivity index (χ3v) is 3.65. The van der Waals surface area contributed by atoms with Crippen LogP contribution in [0.15, 0.2) is 71.1 Å². The van der Waals surface area contributed by atoms with Crippen molar-refractivity contribution in [2.45, 2.75) is 0 Å². The number of hydrogen-bond acceptors (Lipinski definition) is 2. The number of rotatable bonds is 1. The van der Waals surface area contributed by atoms with Crippen LogP contribution < -0.4 is 5.73 Å². The molecule has 3 aromatic carbocycles. The zero-order valence-corrected chi connectivity index (χ0v) is 10.8. The van der Waals surface area contributed by atoms with Crippen LogP contribution in [0.2, 0.25) is 0 Å². The molecule has 0 radical (unpaired) electrons. The molecule has 2 heteroatoms.